The van der Waals surface area contributed by atoms with E-state index >= 15 is 0 Å². The smallest absolute Gasteiger partial charge is 0.0602 e. The minimum absolute atomic E-state index is 0.573. The van der Waals surface area contributed by atoms with Crippen LogP contribution in [0.4, 0.5) is 0 Å². The van der Waals surface area contributed by atoms with E-state index in [9.17, 15) is 0 Å². The van der Waals surface area contributed by atoms with E-state index in [1.165, 1.54) is 51.4 Å². The number of ether oxygens (including phenoxy) is 1. The summed E-state index contributed by atoms with van der Waals surface area (Å²) in [6.07, 6.45) is 12.0. The molecule has 0 spiro atoms. The summed E-state index contributed by atoms with van der Waals surface area (Å²) < 4.78 is 5.71. The molecule has 0 N–H and O–H groups in total. The lowest BCUT2D eigenvalue weighted by atomic mass is 9.67. The minimum atomic E-state index is 0.573. The van der Waals surface area contributed by atoms with Crippen molar-refractivity contribution in [2.75, 3.05) is 7.11 Å². The minimum Gasteiger partial charge on any atom is -0.381 e. The van der Waals surface area contributed by atoms with Crippen LogP contribution in [0.5, 0.6) is 0 Å². The summed E-state index contributed by atoms with van der Waals surface area (Å²) in [6.45, 7) is 2.46. The van der Waals surface area contributed by atoms with E-state index in [0.717, 1.165) is 17.8 Å². The van der Waals surface area contributed by atoms with E-state index in [1.54, 1.807) is 0 Å². The van der Waals surface area contributed by atoms with Crippen molar-refractivity contribution in [3.8, 4) is 0 Å². The van der Waals surface area contributed by atoms with Gasteiger partial charge in [0.1, 0.15) is 0 Å². The molecular formula is C14H26O. The first-order chi connectivity index (χ1) is 7.33. The molecule has 2 saturated carbocycles. The normalized spacial score (nSPS) is 42.8. The van der Waals surface area contributed by atoms with Crippen molar-refractivity contribution in [2.45, 2.75) is 64.4 Å². The molecule has 0 radical (unpaired) electrons. The van der Waals surface area contributed by atoms with Crippen LogP contribution in [0.3, 0.4) is 0 Å². The van der Waals surface area contributed by atoms with Crippen molar-refractivity contribution in [2.24, 2.45) is 17.8 Å². The molecule has 4 atom stereocenters. The van der Waals surface area contributed by atoms with Gasteiger partial charge in [-0.15, -0.1) is 0 Å². The summed E-state index contributed by atoms with van der Waals surface area (Å²) in [6, 6.07) is 0. The Bertz CT molecular complexity index is 190. The fourth-order valence-corrected chi connectivity index (χ4v) is 3.89. The van der Waals surface area contributed by atoms with Crippen LogP contribution in [-0.4, -0.2) is 13.2 Å². The number of hydrogen-bond donors (Lipinski definition) is 0. The Labute approximate surface area is 94.6 Å². The summed E-state index contributed by atoms with van der Waals surface area (Å²) in [5.41, 5.74) is 0. The highest BCUT2D eigenvalue weighted by molar-refractivity contribution is 4.86. The molecule has 0 saturated heterocycles. The molecule has 0 aromatic heterocycles. The maximum atomic E-state index is 5.71. The number of methoxy groups -OCH3 is 1. The molecule has 15 heavy (non-hydrogen) atoms. The first kappa shape index (κ1) is 11.4. The summed E-state index contributed by atoms with van der Waals surface area (Å²) >= 11 is 0. The van der Waals surface area contributed by atoms with Crippen molar-refractivity contribution >= 4 is 0 Å². The van der Waals surface area contributed by atoms with Gasteiger partial charge < -0.3 is 4.74 Å². The predicted molar refractivity (Wildman–Crippen MR) is 63.9 cm³/mol. The first-order valence-electron chi connectivity index (χ1n) is 6.85. The van der Waals surface area contributed by atoms with E-state index in [1.807, 2.05) is 7.11 Å². The topological polar surface area (TPSA) is 9.23 Å². The van der Waals surface area contributed by atoms with E-state index < -0.39 is 0 Å². The van der Waals surface area contributed by atoms with E-state index in [2.05, 4.69) is 6.92 Å². The lowest BCUT2D eigenvalue weighted by Crippen LogP contribution is -2.36. The highest BCUT2D eigenvalue weighted by Crippen LogP contribution is 2.42. The molecule has 88 valence electrons. The number of rotatable bonds is 2. The molecule has 1 heteroatoms. The zero-order chi connectivity index (χ0) is 10.7. The average molecular weight is 210 g/mol. The molecule has 4 unspecified atom stereocenters. The van der Waals surface area contributed by atoms with Gasteiger partial charge in [-0.25, -0.2) is 0 Å². The van der Waals surface area contributed by atoms with Gasteiger partial charge in [0.25, 0.3) is 0 Å². The standard InChI is InChI=1S/C14H26O/c1-11-7-3-4-8-12(11)13-9-5-6-10-14(13)15-2/h11-14H,3-10H2,1-2H3. The van der Waals surface area contributed by atoms with Gasteiger partial charge in [-0.05, 0) is 37.0 Å². The fraction of sp³-hybridized carbons (Fsp3) is 1.00. The molecule has 0 bridgehead atoms. The largest absolute Gasteiger partial charge is 0.381 e. The van der Waals surface area contributed by atoms with Crippen LogP contribution >= 0.6 is 0 Å². The molecule has 2 fully saturated rings. The average Bonchev–Trinajstić information content (AvgIpc) is 2.30. The molecule has 2 rings (SSSR count). The Morgan fingerprint density at radius 1 is 0.800 bits per heavy atom. The van der Waals surface area contributed by atoms with Crippen LogP contribution < -0.4 is 0 Å². The molecule has 2 aliphatic carbocycles. The van der Waals surface area contributed by atoms with Crippen molar-refractivity contribution in [1.82, 2.24) is 0 Å². The third-order valence-corrected chi connectivity index (χ3v) is 4.78. The Hall–Kier alpha value is -0.0400. The lowest BCUT2D eigenvalue weighted by molar-refractivity contribution is -0.0216. The van der Waals surface area contributed by atoms with Gasteiger partial charge in [0.15, 0.2) is 0 Å². The van der Waals surface area contributed by atoms with E-state index in [4.69, 9.17) is 4.74 Å². The zero-order valence-electron chi connectivity index (χ0n) is 10.4. The Kier molecular flexibility index (Phi) is 4.07. The fourth-order valence-electron chi connectivity index (χ4n) is 3.89. The number of hydrogen-bond acceptors (Lipinski definition) is 1. The molecule has 0 aliphatic heterocycles. The summed E-state index contributed by atoms with van der Waals surface area (Å²) in [5.74, 6) is 2.78. The second-order valence-electron chi connectivity index (χ2n) is 5.65. The van der Waals surface area contributed by atoms with Crippen LogP contribution in [0.1, 0.15) is 58.3 Å². The van der Waals surface area contributed by atoms with E-state index in [0.29, 0.717) is 6.10 Å². The van der Waals surface area contributed by atoms with Crippen molar-refractivity contribution < 1.29 is 4.74 Å². The summed E-state index contributed by atoms with van der Waals surface area (Å²) in [5, 5.41) is 0. The van der Waals surface area contributed by atoms with Gasteiger partial charge in [0.05, 0.1) is 6.10 Å². The second kappa shape index (κ2) is 5.34. The van der Waals surface area contributed by atoms with E-state index in [-0.39, 0.29) is 0 Å². The van der Waals surface area contributed by atoms with Gasteiger partial charge in [-0.2, -0.15) is 0 Å². The molecule has 2 aliphatic rings. The third-order valence-electron chi connectivity index (χ3n) is 4.78. The molecule has 0 heterocycles. The van der Waals surface area contributed by atoms with Crippen LogP contribution in [0.2, 0.25) is 0 Å². The van der Waals surface area contributed by atoms with Crippen LogP contribution in [0.25, 0.3) is 0 Å². The van der Waals surface area contributed by atoms with Gasteiger partial charge in [0.2, 0.25) is 0 Å². The Morgan fingerprint density at radius 3 is 2.07 bits per heavy atom. The Morgan fingerprint density at radius 2 is 1.40 bits per heavy atom. The SMILES string of the molecule is COC1CCCCC1C1CCCCC1C. The predicted octanol–water partition coefficient (Wildman–Crippen LogP) is 4.02. The molecule has 0 aromatic carbocycles. The molecule has 0 amide bonds. The molecule has 1 nitrogen and oxygen atoms in total. The van der Waals surface area contributed by atoms with Crippen molar-refractivity contribution in [1.29, 1.82) is 0 Å². The van der Waals surface area contributed by atoms with Gasteiger partial charge in [0, 0.05) is 7.11 Å². The molecule has 0 aromatic rings. The van der Waals surface area contributed by atoms with Crippen LogP contribution in [0.15, 0.2) is 0 Å². The summed E-state index contributed by atoms with van der Waals surface area (Å²) in [4.78, 5) is 0. The van der Waals surface area contributed by atoms with Gasteiger partial charge in [-0.3, -0.25) is 0 Å². The monoisotopic (exact) mass is 210 g/mol. The second-order valence-corrected chi connectivity index (χ2v) is 5.65. The van der Waals surface area contributed by atoms with Gasteiger partial charge in [-0.1, -0.05) is 39.0 Å². The Balaban J connectivity index is 1.99. The maximum Gasteiger partial charge on any atom is 0.0602 e. The van der Waals surface area contributed by atoms with Crippen LogP contribution in [0, 0.1) is 17.8 Å². The highest BCUT2D eigenvalue weighted by atomic mass is 16.5. The third kappa shape index (κ3) is 2.55. The molecular weight excluding hydrogens is 184 g/mol. The van der Waals surface area contributed by atoms with Crippen LogP contribution in [-0.2, 0) is 4.74 Å². The van der Waals surface area contributed by atoms with Crippen molar-refractivity contribution in [3.05, 3.63) is 0 Å². The van der Waals surface area contributed by atoms with Crippen molar-refractivity contribution in [3.63, 3.8) is 0 Å². The first-order valence-corrected chi connectivity index (χ1v) is 6.85. The quantitative estimate of drug-likeness (QED) is 0.669. The lowest BCUT2D eigenvalue weighted by Gasteiger charge is -2.41. The summed E-state index contributed by atoms with van der Waals surface area (Å²) in [7, 11) is 1.91. The van der Waals surface area contributed by atoms with Gasteiger partial charge >= 0.3 is 0 Å². The zero-order valence-corrected chi connectivity index (χ0v) is 10.4. The highest BCUT2D eigenvalue weighted by Gasteiger charge is 2.35. The maximum absolute atomic E-state index is 5.71.